The van der Waals surface area contributed by atoms with E-state index in [1.165, 1.54) is 83.5 Å². The molecule has 170 valence electrons. The number of hydrazone groups is 1. The summed E-state index contributed by atoms with van der Waals surface area (Å²) in [6, 6.07) is 5.17. The first-order valence-electron chi connectivity index (χ1n) is 11.9. The molecular formula is C25H40Cl2N2O. The van der Waals surface area contributed by atoms with Crippen molar-refractivity contribution < 1.29 is 4.79 Å². The number of nitrogens with zero attached hydrogens (tertiary/aromatic N) is 1. The van der Waals surface area contributed by atoms with Gasteiger partial charge in [0, 0.05) is 17.0 Å². The summed E-state index contributed by atoms with van der Waals surface area (Å²) in [6.45, 7) is 2.27. The van der Waals surface area contributed by atoms with Gasteiger partial charge in [-0.3, -0.25) is 4.79 Å². The molecular weight excluding hydrogens is 415 g/mol. The Bertz CT molecular complexity index is 605. The first-order valence-corrected chi connectivity index (χ1v) is 12.7. The maximum absolute atomic E-state index is 11.8. The Labute approximate surface area is 194 Å². The van der Waals surface area contributed by atoms with E-state index < -0.39 is 0 Å². The summed E-state index contributed by atoms with van der Waals surface area (Å²) >= 11 is 11.9. The lowest BCUT2D eigenvalue weighted by Gasteiger charge is -2.03. The Morgan fingerprint density at radius 3 is 1.83 bits per heavy atom. The Hall–Kier alpha value is -1.06. The molecule has 0 bridgehead atoms. The quantitative estimate of drug-likeness (QED) is 0.134. The van der Waals surface area contributed by atoms with Gasteiger partial charge in [0.1, 0.15) is 0 Å². The number of hydrogen-bond acceptors (Lipinski definition) is 2. The lowest BCUT2D eigenvalue weighted by Crippen LogP contribution is -2.16. The van der Waals surface area contributed by atoms with E-state index in [1.54, 1.807) is 24.4 Å². The van der Waals surface area contributed by atoms with E-state index in [0.717, 1.165) is 18.4 Å². The standard InChI is InChI=1S/C25H40Cl2N2O/c1-2-3-4-5-6-7-8-9-10-11-12-13-14-15-16-17-25(30)29-28-21-22-18-19-23(26)20-24(22)27/h18-21H,2-17H2,1H3,(H,29,30)/b28-21+. The number of hydrogen-bond donors (Lipinski definition) is 1. The van der Waals surface area contributed by atoms with Crippen LogP contribution in [0.5, 0.6) is 0 Å². The molecule has 3 nitrogen and oxygen atoms in total. The summed E-state index contributed by atoms with van der Waals surface area (Å²) in [5.74, 6) is -0.0500. The zero-order valence-electron chi connectivity index (χ0n) is 18.7. The highest BCUT2D eigenvalue weighted by Crippen LogP contribution is 2.19. The number of carbonyl (C=O) groups is 1. The third kappa shape index (κ3) is 14.8. The molecule has 0 heterocycles. The number of halogens is 2. The molecule has 0 aromatic heterocycles. The average Bonchev–Trinajstić information content (AvgIpc) is 2.72. The second kappa shape index (κ2) is 18.7. The minimum atomic E-state index is -0.0500. The number of rotatable bonds is 18. The van der Waals surface area contributed by atoms with Gasteiger partial charge >= 0.3 is 0 Å². The molecule has 30 heavy (non-hydrogen) atoms. The topological polar surface area (TPSA) is 41.5 Å². The molecule has 1 aromatic carbocycles. The maximum atomic E-state index is 11.8. The summed E-state index contributed by atoms with van der Waals surface area (Å²) in [5, 5.41) is 5.06. The van der Waals surface area contributed by atoms with Crippen molar-refractivity contribution in [1.29, 1.82) is 0 Å². The van der Waals surface area contributed by atoms with Crippen molar-refractivity contribution in [2.45, 2.75) is 110 Å². The maximum Gasteiger partial charge on any atom is 0.240 e. The lowest BCUT2D eigenvalue weighted by atomic mass is 10.0. The van der Waals surface area contributed by atoms with E-state index >= 15 is 0 Å². The van der Waals surface area contributed by atoms with E-state index in [1.807, 2.05) is 0 Å². The van der Waals surface area contributed by atoms with E-state index in [-0.39, 0.29) is 5.91 Å². The minimum Gasteiger partial charge on any atom is -0.273 e. The molecule has 1 aromatic rings. The van der Waals surface area contributed by atoms with Crippen LogP contribution in [0.25, 0.3) is 0 Å². The van der Waals surface area contributed by atoms with Crippen molar-refractivity contribution in [2.75, 3.05) is 0 Å². The summed E-state index contributed by atoms with van der Waals surface area (Å²) in [6.07, 6.45) is 21.9. The normalized spacial score (nSPS) is 11.3. The number of unbranched alkanes of at least 4 members (excludes halogenated alkanes) is 14. The second-order valence-corrected chi connectivity index (χ2v) is 9.00. The number of amides is 1. The first kappa shape index (κ1) is 27.0. The van der Waals surface area contributed by atoms with Crippen LogP contribution in [0, 0.1) is 0 Å². The fourth-order valence-corrected chi connectivity index (χ4v) is 3.95. The van der Waals surface area contributed by atoms with Crippen LogP contribution in [-0.4, -0.2) is 12.1 Å². The van der Waals surface area contributed by atoms with Gasteiger partial charge in [0.25, 0.3) is 0 Å². The van der Waals surface area contributed by atoms with Crippen LogP contribution in [0.2, 0.25) is 10.0 Å². The third-order valence-electron chi connectivity index (χ3n) is 5.36. The van der Waals surface area contributed by atoms with Gasteiger partial charge in [0.05, 0.1) is 11.2 Å². The third-order valence-corrected chi connectivity index (χ3v) is 5.93. The summed E-state index contributed by atoms with van der Waals surface area (Å²) in [4.78, 5) is 11.8. The lowest BCUT2D eigenvalue weighted by molar-refractivity contribution is -0.121. The van der Waals surface area contributed by atoms with Gasteiger partial charge in [0.2, 0.25) is 5.91 Å². The Kier molecular flexibility index (Phi) is 16.8. The smallest absolute Gasteiger partial charge is 0.240 e. The van der Waals surface area contributed by atoms with Crippen LogP contribution in [0.4, 0.5) is 0 Å². The van der Waals surface area contributed by atoms with Crippen molar-refractivity contribution in [2.24, 2.45) is 5.10 Å². The highest BCUT2D eigenvalue weighted by atomic mass is 35.5. The first-order chi connectivity index (χ1) is 14.6. The van der Waals surface area contributed by atoms with Crippen molar-refractivity contribution in [3.8, 4) is 0 Å². The van der Waals surface area contributed by atoms with Gasteiger partial charge in [0.15, 0.2) is 0 Å². The Morgan fingerprint density at radius 1 is 0.833 bits per heavy atom. The van der Waals surface area contributed by atoms with Gasteiger partial charge in [-0.2, -0.15) is 5.10 Å². The molecule has 1 amide bonds. The average molecular weight is 456 g/mol. The fourth-order valence-electron chi connectivity index (χ4n) is 3.49. The molecule has 0 aliphatic rings. The second-order valence-electron chi connectivity index (χ2n) is 8.16. The zero-order chi connectivity index (χ0) is 21.9. The van der Waals surface area contributed by atoms with E-state index in [2.05, 4.69) is 17.5 Å². The molecule has 0 saturated heterocycles. The van der Waals surface area contributed by atoms with Crippen molar-refractivity contribution in [3.63, 3.8) is 0 Å². The van der Waals surface area contributed by atoms with E-state index in [0.29, 0.717) is 16.5 Å². The highest BCUT2D eigenvalue weighted by molar-refractivity contribution is 6.36. The molecule has 0 atom stereocenters. The van der Waals surface area contributed by atoms with Crippen molar-refractivity contribution >= 4 is 35.3 Å². The summed E-state index contributed by atoms with van der Waals surface area (Å²) in [5.41, 5.74) is 3.29. The summed E-state index contributed by atoms with van der Waals surface area (Å²) in [7, 11) is 0. The van der Waals surface area contributed by atoms with Gasteiger partial charge in [-0.15, -0.1) is 0 Å². The molecule has 0 aliphatic carbocycles. The molecule has 0 aliphatic heterocycles. The molecule has 0 spiro atoms. The zero-order valence-corrected chi connectivity index (χ0v) is 20.2. The molecule has 5 heteroatoms. The summed E-state index contributed by atoms with van der Waals surface area (Å²) < 4.78 is 0. The van der Waals surface area contributed by atoms with Crippen LogP contribution in [0.15, 0.2) is 23.3 Å². The van der Waals surface area contributed by atoms with Gasteiger partial charge in [-0.05, 0) is 18.6 Å². The fraction of sp³-hybridized carbons (Fsp3) is 0.680. The number of benzene rings is 1. The Morgan fingerprint density at radius 2 is 1.33 bits per heavy atom. The molecule has 1 rings (SSSR count). The monoisotopic (exact) mass is 454 g/mol. The molecule has 0 fully saturated rings. The SMILES string of the molecule is CCCCCCCCCCCCCCCCCC(=O)N/N=C/c1ccc(Cl)cc1Cl. The van der Waals surface area contributed by atoms with Crippen LogP contribution in [0.1, 0.15) is 115 Å². The number of nitrogens with one attached hydrogen (secondary N) is 1. The van der Waals surface area contributed by atoms with E-state index in [9.17, 15) is 4.79 Å². The molecule has 1 N–H and O–H groups in total. The van der Waals surface area contributed by atoms with Gasteiger partial charge in [-0.1, -0.05) is 126 Å². The predicted octanol–water partition coefficient (Wildman–Crippen LogP) is 8.71. The van der Waals surface area contributed by atoms with Crippen LogP contribution in [0.3, 0.4) is 0 Å². The molecule has 0 saturated carbocycles. The molecule has 0 radical (unpaired) electrons. The van der Waals surface area contributed by atoms with Gasteiger partial charge < -0.3 is 0 Å². The van der Waals surface area contributed by atoms with Crippen molar-refractivity contribution in [1.82, 2.24) is 5.43 Å². The van der Waals surface area contributed by atoms with Crippen molar-refractivity contribution in [3.05, 3.63) is 33.8 Å². The van der Waals surface area contributed by atoms with E-state index in [4.69, 9.17) is 23.2 Å². The molecule has 0 unspecified atom stereocenters. The largest absolute Gasteiger partial charge is 0.273 e. The van der Waals surface area contributed by atoms with Crippen LogP contribution < -0.4 is 5.43 Å². The highest BCUT2D eigenvalue weighted by Gasteiger charge is 2.01. The van der Waals surface area contributed by atoms with Gasteiger partial charge in [-0.25, -0.2) is 5.43 Å². The number of carbonyl (C=O) groups excluding carboxylic acids is 1. The predicted molar refractivity (Wildman–Crippen MR) is 132 cm³/mol. The Balaban J connectivity index is 1.88. The van der Waals surface area contributed by atoms with Crippen LogP contribution >= 0.6 is 23.2 Å². The minimum absolute atomic E-state index is 0.0500. The van der Waals surface area contributed by atoms with Crippen LogP contribution in [-0.2, 0) is 4.79 Å².